The molecule has 1 fully saturated rings. The molecule has 2 aromatic carbocycles. The van der Waals surface area contributed by atoms with Gasteiger partial charge in [0.15, 0.2) is 5.96 Å². The van der Waals surface area contributed by atoms with Crippen LogP contribution in [-0.4, -0.2) is 57.9 Å². The first kappa shape index (κ1) is 20.2. The highest BCUT2D eigenvalue weighted by molar-refractivity contribution is 6.30. The van der Waals surface area contributed by atoms with Crippen molar-refractivity contribution >= 4 is 34.5 Å². The van der Waals surface area contributed by atoms with Gasteiger partial charge < -0.3 is 19.7 Å². The summed E-state index contributed by atoms with van der Waals surface area (Å²) < 4.78 is 2.07. The number of amides is 1. The summed E-state index contributed by atoms with van der Waals surface area (Å²) in [6, 6.07) is 15.7. The number of guanidine groups is 1. The van der Waals surface area contributed by atoms with Crippen LogP contribution in [0, 0.1) is 0 Å². The number of aliphatic imine (C=N–C) groups is 1. The van der Waals surface area contributed by atoms with Crippen molar-refractivity contribution in [1.82, 2.24) is 24.7 Å². The number of hydrogen-bond acceptors (Lipinski definition) is 3. The third-order valence-electron chi connectivity index (χ3n) is 5.40. The van der Waals surface area contributed by atoms with Crippen molar-refractivity contribution in [2.45, 2.75) is 13.1 Å². The van der Waals surface area contributed by atoms with Crippen molar-refractivity contribution < 1.29 is 4.79 Å². The Morgan fingerprint density at radius 3 is 2.63 bits per heavy atom. The van der Waals surface area contributed by atoms with Crippen LogP contribution in [0.25, 0.3) is 11.0 Å². The van der Waals surface area contributed by atoms with Crippen LogP contribution in [0.15, 0.2) is 53.5 Å². The average molecular weight is 425 g/mol. The SMILES string of the molecule is CN=C(NCc1nc2ccccc2n1C)N1CCN(Cc2ccc(Cl)cc2)C(=O)C1. The number of aromatic nitrogens is 2. The minimum absolute atomic E-state index is 0.0851. The summed E-state index contributed by atoms with van der Waals surface area (Å²) in [6.45, 7) is 2.80. The van der Waals surface area contributed by atoms with Gasteiger partial charge in [0.25, 0.3) is 0 Å². The van der Waals surface area contributed by atoms with Crippen LogP contribution in [0.4, 0.5) is 0 Å². The number of nitrogens with one attached hydrogen (secondary N) is 1. The predicted molar refractivity (Wildman–Crippen MR) is 119 cm³/mol. The smallest absolute Gasteiger partial charge is 0.242 e. The zero-order valence-electron chi connectivity index (χ0n) is 17.2. The molecular weight excluding hydrogens is 400 g/mol. The van der Waals surface area contributed by atoms with Gasteiger partial charge in [-0.25, -0.2) is 4.98 Å². The number of fused-ring (bicyclic) bond motifs is 1. The Hall–Kier alpha value is -3.06. The standard InChI is InChI=1S/C22H25ClN6O/c1-24-22(25-13-20-26-18-5-3-4-6-19(18)27(20)2)29-12-11-28(21(30)15-29)14-16-7-9-17(23)10-8-16/h3-10H,11-15H2,1-2H3,(H,24,25). The van der Waals surface area contributed by atoms with Crippen LogP contribution in [-0.2, 0) is 24.9 Å². The van der Waals surface area contributed by atoms with Crippen molar-refractivity contribution in [1.29, 1.82) is 0 Å². The van der Waals surface area contributed by atoms with Crippen LogP contribution in [0.2, 0.25) is 5.02 Å². The molecule has 0 atom stereocenters. The highest BCUT2D eigenvalue weighted by Crippen LogP contribution is 2.15. The third-order valence-corrected chi connectivity index (χ3v) is 5.65. The number of aryl methyl sites for hydroxylation is 1. The van der Waals surface area contributed by atoms with Crippen molar-refractivity contribution in [3.05, 3.63) is 64.9 Å². The molecule has 156 valence electrons. The van der Waals surface area contributed by atoms with Crippen molar-refractivity contribution in [3.8, 4) is 0 Å². The Labute approximate surface area is 181 Å². The molecule has 0 radical (unpaired) electrons. The van der Waals surface area contributed by atoms with Crippen LogP contribution >= 0.6 is 11.6 Å². The molecule has 1 amide bonds. The molecule has 1 aliphatic heterocycles. The van der Waals surface area contributed by atoms with Gasteiger partial charge in [0.05, 0.1) is 24.1 Å². The van der Waals surface area contributed by atoms with E-state index >= 15 is 0 Å². The second-order valence-electron chi connectivity index (χ2n) is 7.34. The molecule has 0 saturated carbocycles. The van der Waals surface area contributed by atoms with Crippen LogP contribution in [0.3, 0.4) is 0 Å². The van der Waals surface area contributed by atoms with Gasteiger partial charge in [0.2, 0.25) is 5.91 Å². The van der Waals surface area contributed by atoms with Gasteiger partial charge in [-0.3, -0.25) is 9.79 Å². The highest BCUT2D eigenvalue weighted by atomic mass is 35.5. The lowest BCUT2D eigenvalue weighted by Gasteiger charge is -2.36. The van der Waals surface area contributed by atoms with Gasteiger partial charge in [-0.1, -0.05) is 35.9 Å². The van der Waals surface area contributed by atoms with E-state index < -0.39 is 0 Å². The number of piperazine rings is 1. The number of rotatable bonds is 4. The average Bonchev–Trinajstić information content (AvgIpc) is 3.08. The maximum Gasteiger partial charge on any atom is 0.242 e. The Bertz CT molecular complexity index is 1070. The largest absolute Gasteiger partial charge is 0.349 e. The van der Waals surface area contributed by atoms with Gasteiger partial charge in [-0.2, -0.15) is 0 Å². The number of carbonyl (C=O) groups excluding carboxylic acids is 1. The molecule has 0 unspecified atom stereocenters. The molecule has 1 N–H and O–H groups in total. The Kier molecular flexibility index (Phi) is 5.90. The quantitative estimate of drug-likeness (QED) is 0.516. The fourth-order valence-corrected chi connectivity index (χ4v) is 3.84. The van der Waals surface area contributed by atoms with Gasteiger partial charge in [-0.15, -0.1) is 0 Å². The first-order chi connectivity index (χ1) is 14.5. The van der Waals surface area contributed by atoms with Crippen LogP contribution in [0.1, 0.15) is 11.4 Å². The molecule has 0 spiro atoms. The fraction of sp³-hybridized carbons (Fsp3) is 0.318. The molecule has 1 aromatic heterocycles. The van der Waals surface area contributed by atoms with Gasteiger partial charge in [0, 0.05) is 38.8 Å². The number of benzene rings is 2. The molecule has 3 aromatic rings. The normalized spacial score (nSPS) is 15.2. The summed E-state index contributed by atoms with van der Waals surface area (Å²) in [5, 5.41) is 4.06. The second kappa shape index (κ2) is 8.75. The van der Waals surface area contributed by atoms with E-state index in [4.69, 9.17) is 11.6 Å². The van der Waals surface area contributed by atoms with E-state index in [-0.39, 0.29) is 5.91 Å². The van der Waals surface area contributed by atoms with E-state index in [1.165, 1.54) is 0 Å². The summed E-state index contributed by atoms with van der Waals surface area (Å²) >= 11 is 5.95. The maximum absolute atomic E-state index is 12.7. The van der Waals surface area contributed by atoms with E-state index in [0.29, 0.717) is 37.2 Å². The molecule has 7 nitrogen and oxygen atoms in total. The summed E-state index contributed by atoms with van der Waals surface area (Å²) in [5.74, 6) is 1.72. The first-order valence-corrected chi connectivity index (χ1v) is 10.3. The van der Waals surface area contributed by atoms with E-state index in [1.54, 1.807) is 7.05 Å². The van der Waals surface area contributed by atoms with Crippen molar-refractivity contribution in [3.63, 3.8) is 0 Å². The van der Waals surface area contributed by atoms with Gasteiger partial charge >= 0.3 is 0 Å². The monoisotopic (exact) mass is 424 g/mol. The number of imidazole rings is 1. The van der Waals surface area contributed by atoms with E-state index in [2.05, 4.69) is 25.9 Å². The predicted octanol–water partition coefficient (Wildman–Crippen LogP) is 2.65. The number of halogens is 1. The number of para-hydroxylation sites is 2. The van der Waals surface area contributed by atoms with E-state index in [1.807, 2.05) is 59.3 Å². The zero-order chi connectivity index (χ0) is 21.1. The molecule has 0 bridgehead atoms. The second-order valence-corrected chi connectivity index (χ2v) is 7.78. The lowest BCUT2D eigenvalue weighted by molar-refractivity contribution is -0.135. The minimum Gasteiger partial charge on any atom is -0.349 e. The fourth-order valence-electron chi connectivity index (χ4n) is 3.71. The van der Waals surface area contributed by atoms with Crippen LogP contribution in [0.5, 0.6) is 0 Å². The number of nitrogens with zero attached hydrogens (tertiary/aromatic N) is 5. The Balaban J connectivity index is 1.36. The maximum atomic E-state index is 12.7. The summed E-state index contributed by atoms with van der Waals surface area (Å²) in [5.41, 5.74) is 3.14. The topological polar surface area (TPSA) is 65.8 Å². The number of hydrogen-bond donors (Lipinski definition) is 1. The van der Waals surface area contributed by atoms with Gasteiger partial charge in [-0.05, 0) is 29.8 Å². The van der Waals surface area contributed by atoms with Crippen molar-refractivity contribution in [2.75, 3.05) is 26.7 Å². The summed E-state index contributed by atoms with van der Waals surface area (Å²) in [4.78, 5) is 25.6. The highest BCUT2D eigenvalue weighted by Gasteiger charge is 2.26. The first-order valence-electron chi connectivity index (χ1n) is 9.93. The molecule has 30 heavy (non-hydrogen) atoms. The molecule has 0 aliphatic carbocycles. The van der Waals surface area contributed by atoms with E-state index in [0.717, 1.165) is 29.0 Å². The van der Waals surface area contributed by atoms with E-state index in [9.17, 15) is 4.79 Å². The molecular formula is C22H25ClN6O. The Morgan fingerprint density at radius 1 is 1.17 bits per heavy atom. The number of carbonyl (C=O) groups is 1. The third kappa shape index (κ3) is 4.26. The van der Waals surface area contributed by atoms with Crippen molar-refractivity contribution in [2.24, 2.45) is 12.0 Å². The zero-order valence-corrected chi connectivity index (χ0v) is 17.9. The summed E-state index contributed by atoms with van der Waals surface area (Å²) in [6.07, 6.45) is 0. The Morgan fingerprint density at radius 2 is 1.93 bits per heavy atom. The summed E-state index contributed by atoms with van der Waals surface area (Å²) in [7, 11) is 3.75. The minimum atomic E-state index is 0.0851. The molecule has 1 aliphatic rings. The molecule has 1 saturated heterocycles. The molecule has 2 heterocycles. The lowest BCUT2D eigenvalue weighted by atomic mass is 10.2. The molecule has 4 rings (SSSR count). The van der Waals surface area contributed by atoms with Gasteiger partial charge in [0.1, 0.15) is 5.82 Å². The molecule has 8 heteroatoms. The lowest BCUT2D eigenvalue weighted by Crippen LogP contribution is -2.54. The van der Waals surface area contributed by atoms with Crippen LogP contribution < -0.4 is 5.32 Å².